The summed E-state index contributed by atoms with van der Waals surface area (Å²) in [5, 5.41) is 3.44. The zero-order valence-corrected chi connectivity index (χ0v) is 15.9. The predicted octanol–water partition coefficient (Wildman–Crippen LogP) is 3.64. The van der Waals surface area contributed by atoms with E-state index in [4.69, 9.17) is 23.2 Å². The highest BCUT2D eigenvalue weighted by molar-refractivity contribution is 7.89. The molecule has 1 aromatic carbocycles. The van der Waals surface area contributed by atoms with Crippen LogP contribution in [0.15, 0.2) is 34.7 Å². The van der Waals surface area contributed by atoms with Gasteiger partial charge in [0.25, 0.3) is 0 Å². The standard InChI is InChI=1S/C15H17Cl2N3O2S2/c16-12-3-4-13(17)14(8-12)24(21,22)19-9-11-2-1-6-20(10-11)15-18-5-7-23-15/h3-5,7-8,11,19H,1-2,6,9-10H2. The van der Waals surface area contributed by atoms with Crippen LogP contribution in [0.2, 0.25) is 10.0 Å². The third kappa shape index (κ3) is 4.21. The summed E-state index contributed by atoms with van der Waals surface area (Å²) < 4.78 is 27.6. The third-order valence-corrected chi connectivity index (χ3v) is 6.93. The average molecular weight is 406 g/mol. The number of hydrogen-bond donors (Lipinski definition) is 1. The fourth-order valence-corrected chi connectivity index (χ4v) is 5.32. The molecule has 5 nitrogen and oxygen atoms in total. The van der Waals surface area contributed by atoms with Gasteiger partial charge in [-0.15, -0.1) is 11.3 Å². The third-order valence-electron chi connectivity index (χ3n) is 3.95. The van der Waals surface area contributed by atoms with Crippen molar-refractivity contribution in [3.63, 3.8) is 0 Å². The van der Waals surface area contributed by atoms with E-state index in [1.807, 2.05) is 5.38 Å². The number of aromatic nitrogens is 1. The van der Waals surface area contributed by atoms with Crippen LogP contribution in [-0.4, -0.2) is 33.0 Å². The predicted molar refractivity (Wildman–Crippen MR) is 98.7 cm³/mol. The Morgan fingerprint density at radius 3 is 2.96 bits per heavy atom. The molecule has 0 radical (unpaired) electrons. The van der Waals surface area contributed by atoms with Crippen molar-refractivity contribution in [2.45, 2.75) is 17.7 Å². The highest BCUT2D eigenvalue weighted by Crippen LogP contribution is 2.27. The summed E-state index contributed by atoms with van der Waals surface area (Å²) in [5.74, 6) is 0.232. The van der Waals surface area contributed by atoms with Crippen molar-refractivity contribution >= 4 is 49.7 Å². The van der Waals surface area contributed by atoms with Gasteiger partial charge in [0.15, 0.2) is 5.13 Å². The first-order valence-electron chi connectivity index (χ1n) is 7.55. The number of sulfonamides is 1. The number of thiazole rings is 1. The largest absolute Gasteiger partial charge is 0.348 e. The summed E-state index contributed by atoms with van der Waals surface area (Å²) in [6.45, 7) is 2.11. The van der Waals surface area contributed by atoms with Crippen LogP contribution in [0.5, 0.6) is 0 Å². The van der Waals surface area contributed by atoms with Gasteiger partial charge in [0.05, 0.1) is 5.02 Å². The van der Waals surface area contributed by atoms with Gasteiger partial charge in [0.1, 0.15) is 4.90 Å². The summed E-state index contributed by atoms with van der Waals surface area (Å²) >= 11 is 13.5. The van der Waals surface area contributed by atoms with Crippen molar-refractivity contribution in [3.8, 4) is 0 Å². The molecule has 0 aliphatic carbocycles. The molecule has 1 saturated heterocycles. The molecular formula is C15H17Cl2N3O2S2. The molecule has 1 atom stereocenters. The first kappa shape index (κ1) is 17.9. The van der Waals surface area contributed by atoms with Crippen LogP contribution in [0.25, 0.3) is 0 Å². The Kier molecular flexibility index (Phi) is 5.66. The minimum absolute atomic E-state index is 0.0178. The Bertz CT molecular complexity index is 797. The van der Waals surface area contributed by atoms with E-state index in [0.717, 1.165) is 31.1 Å². The Labute approximate surface area is 155 Å². The zero-order valence-electron chi connectivity index (χ0n) is 12.8. The van der Waals surface area contributed by atoms with Crippen molar-refractivity contribution < 1.29 is 8.42 Å². The van der Waals surface area contributed by atoms with Gasteiger partial charge >= 0.3 is 0 Å². The van der Waals surface area contributed by atoms with Crippen LogP contribution in [0, 0.1) is 5.92 Å². The molecule has 24 heavy (non-hydrogen) atoms. The van der Waals surface area contributed by atoms with Gasteiger partial charge in [0, 0.05) is 36.2 Å². The lowest BCUT2D eigenvalue weighted by Crippen LogP contribution is -2.41. The van der Waals surface area contributed by atoms with Crippen molar-refractivity contribution in [2.24, 2.45) is 5.92 Å². The van der Waals surface area contributed by atoms with Crippen LogP contribution >= 0.6 is 34.5 Å². The van der Waals surface area contributed by atoms with Crippen molar-refractivity contribution in [1.29, 1.82) is 0 Å². The minimum Gasteiger partial charge on any atom is -0.348 e. The number of nitrogens with zero attached hydrogens (tertiary/aromatic N) is 2. The van der Waals surface area contributed by atoms with E-state index < -0.39 is 10.0 Å². The van der Waals surface area contributed by atoms with Gasteiger partial charge in [-0.25, -0.2) is 18.1 Å². The Balaban J connectivity index is 1.65. The van der Waals surface area contributed by atoms with E-state index >= 15 is 0 Å². The summed E-state index contributed by atoms with van der Waals surface area (Å²) in [7, 11) is -3.68. The monoisotopic (exact) mass is 405 g/mol. The molecule has 0 bridgehead atoms. The molecule has 1 aromatic heterocycles. The fraction of sp³-hybridized carbons (Fsp3) is 0.400. The first-order chi connectivity index (χ1) is 11.5. The van der Waals surface area contributed by atoms with E-state index in [1.54, 1.807) is 23.6 Å². The average Bonchev–Trinajstić information content (AvgIpc) is 3.10. The van der Waals surface area contributed by atoms with Gasteiger partial charge in [-0.05, 0) is 37.0 Å². The second-order valence-corrected chi connectivity index (χ2v) is 9.15. The molecule has 1 fully saturated rings. The van der Waals surface area contributed by atoms with Gasteiger partial charge < -0.3 is 4.90 Å². The second kappa shape index (κ2) is 7.58. The quantitative estimate of drug-likeness (QED) is 0.824. The number of anilines is 1. The molecule has 0 saturated carbocycles. The molecule has 3 rings (SSSR count). The molecule has 2 heterocycles. The summed E-state index contributed by atoms with van der Waals surface area (Å²) in [5.41, 5.74) is 0. The van der Waals surface area contributed by atoms with Crippen LogP contribution < -0.4 is 9.62 Å². The summed E-state index contributed by atoms with van der Waals surface area (Å²) in [6.07, 6.45) is 3.78. The number of halogens is 2. The first-order valence-corrected chi connectivity index (χ1v) is 10.7. The Morgan fingerprint density at radius 1 is 1.38 bits per heavy atom. The van der Waals surface area contributed by atoms with Crippen LogP contribution in [0.4, 0.5) is 5.13 Å². The lowest BCUT2D eigenvalue weighted by Gasteiger charge is -2.32. The molecule has 1 N–H and O–H groups in total. The van der Waals surface area contributed by atoms with Crippen LogP contribution in [-0.2, 0) is 10.0 Å². The molecule has 0 amide bonds. The molecule has 1 unspecified atom stereocenters. The van der Waals surface area contributed by atoms with Crippen LogP contribution in [0.1, 0.15) is 12.8 Å². The van der Waals surface area contributed by atoms with Crippen LogP contribution in [0.3, 0.4) is 0 Å². The number of rotatable bonds is 5. The molecule has 1 aliphatic rings. The van der Waals surface area contributed by atoms with E-state index in [2.05, 4.69) is 14.6 Å². The lowest BCUT2D eigenvalue weighted by atomic mass is 9.99. The topological polar surface area (TPSA) is 62.3 Å². The molecule has 1 aliphatic heterocycles. The molecular weight excluding hydrogens is 389 g/mol. The highest BCUT2D eigenvalue weighted by atomic mass is 35.5. The summed E-state index contributed by atoms with van der Waals surface area (Å²) in [4.78, 5) is 6.55. The van der Waals surface area contributed by atoms with E-state index in [9.17, 15) is 8.42 Å². The maximum absolute atomic E-state index is 12.5. The Morgan fingerprint density at radius 2 is 2.21 bits per heavy atom. The SMILES string of the molecule is O=S(=O)(NCC1CCCN(c2nccs2)C1)c1cc(Cl)ccc1Cl. The van der Waals surface area contributed by atoms with Crippen molar-refractivity contribution in [2.75, 3.05) is 24.5 Å². The van der Waals surface area contributed by atoms with E-state index in [1.165, 1.54) is 12.1 Å². The maximum atomic E-state index is 12.5. The summed E-state index contributed by atoms with van der Waals surface area (Å²) in [6, 6.07) is 4.42. The van der Waals surface area contributed by atoms with E-state index in [-0.39, 0.29) is 15.8 Å². The molecule has 0 spiro atoms. The van der Waals surface area contributed by atoms with Gasteiger partial charge in [0.2, 0.25) is 10.0 Å². The molecule has 130 valence electrons. The fourth-order valence-electron chi connectivity index (χ4n) is 2.77. The second-order valence-electron chi connectivity index (χ2n) is 5.70. The van der Waals surface area contributed by atoms with E-state index in [0.29, 0.717) is 11.6 Å². The van der Waals surface area contributed by atoms with Gasteiger partial charge in [-0.3, -0.25) is 0 Å². The smallest absolute Gasteiger partial charge is 0.242 e. The van der Waals surface area contributed by atoms with Crippen molar-refractivity contribution in [3.05, 3.63) is 39.8 Å². The molecule has 9 heteroatoms. The maximum Gasteiger partial charge on any atom is 0.242 e. The number of hydrogen-bond acceptors (Lipinski definition) is 5. The normalized spacial score (nSPS) is 18.8. The lowest BCUT2D eigenvalue weighted by molar-refractivity contribution is 0.410. The molecule has 2 aromatic rings. The number of piperidine rings is 1. The van der Waals surface area contributed by atoms with Gasteiger partial charge in [-0.2, -0.15) is 0 Å². The Hall–Kier alpha value is -0.860. The van der Waals surface area contributed by atoms with Gasteiger partial charge in [-0.1, -0.05) is 23.2 Å². The highest BCUT2D eigenvalue weighted by Gasteiger charge is 2.24. The zero-order chi connectivity index (χ0) is 17.2. The van der Waals surface area contributed by atoms with Crippen molar-refractivity contribution in [1.82, 2.24) is 9.71 Å². The number of benzene rings is 1. The number of nitrogens with one attached hydrogen (secondary N) is 1. The minimum atomic E-state index is -3.68.